The second-order valence-corrected chi connectivity index (χ2v) is 2.84. The zero-order chi connectivity index (χ0) is 10.6. The van der Waals surface area contributed by atoms with Gasteiger partial charge in [0.05, 0.1) is 11.7 Å². The van der Waals surface area contributed by atoms with Crippen LogP contribution in [0.3, 0.4) is 0 Å². The maximum atomic E-state index is 11.0. The summed E-state index contributed by atoms with van der Waals surface area (Å²) in [4.78, 5) is 21.8. The summed E-state index contributed by atoms with van der Waals surface area (Å²) in [5, 5.41) is 4.84. The Hall–Kier alpha value is -1.70. The second kappa shape index (κ2) is 4.51. The van der Waals surface area contributed by atoms with Crippen LogP contribution in [0.2, 0.25) is 0 Å². The Morgan fingerprint density at radius 2 is 2.21 bits per heavy atom. The third-order valence-corrected chi connectivity index (χ3v) is 1.82. The lowest BCUT2D eigenvalue weighted by Gasteiger charge is -2.02. The predicted molar refractivity (Wildman–Crippen MR) is 51.1 cm³/mol. The largest absolute Gasteiger partial charge is 0.364 e. The third kappa shape index (κ3) is 2.39. The van der Waals surface area contributed by atoms with E-state index in [0.29, 0.717) is 6.54 Å². The van der Waals surface area contributed by atoms with Crippen molar-refractivity contribution < 1.29 is 9.59 Å². The molecule has 0 aromatic carbocycles. The Labute approximate surface area is 84.0 Å². The second-order valence-electron chi connectivity index (χ2n) is 2.31. The van der Waals surface area contributed by atoms with Crippen molar-refractivity contribution >= 4 is 29.5 Å². The molecule has 7 nitrogen and oxygen atoms in total. The number of carbonyl (C=O) groups is 2. The summed E-state index contributed by atoms with van der Waals surface area (Å²) in [7, 11) is 0. The Morgan fingerprint density at radius 1 is 1.50 bits per heavy atom. The molecule has 0 bridgehead atoms. The number of carbonyl (C=O) groups excluding carboxylic acids is 2. The quantitative estimate of drug-likeness (QED) is 0.647. The zero-order valence-electron chi connectivity index (χ0n) is 7.40. The van der Waals surface area contributed by atoms with Crippen molar-refractivity contribution in [1.82, 2.24) is 14.1 Å². The maximum Gasteiger partial charge on any atom is 0.320 e. The normalized spacial score (nSPS) is 9.50. The van der Waals surface area contributed by atoms with Crippen LogP contribution in [0.25, 0.3) is 0 Å². The first-order valence-corrected chi connectivity index (χ1v) is 4.55. The van der Waals surface area contributed by atoms with Gasteiger partial charge in [-0.15, -0.1) is 0 Å². The molecule has 1 heterocycles. The van der Waals surface area contributed by atoms with Gasteiger partial charge < -0.3 is 11.1 Å². The lowest BCUT2D eigenvalue weighted by atomic mass is 10.4. The Kier molecular flexibility index (Phi) is 3.35. The molecule has 1 rings (SSSR count). The topological polar surface area (TPSA) is 110 Å². The molecule has 0 aliphatic rings. The van der Waals surface area contributed by atoms with Crippen LogP contribution in [-0.2, 0) is 0 Å². The molecule has 8 heteroatoms. The first kappa shape index (κ1) is 10.4. The highest BCUT2D eigenvalue weighted by Crippen LogP contribution is 2.10. The summed E-state index contributed by atoms with van der Waals surface area (Å²) in [6.07, 6.45) is 0. The number of nitrogens with two attached hydrogens (primary N) is 1. The summed E-state index contributed by atoms with van der Waals surface area (Å²) in [5.41, 5.74) is 4.98. The average molecular weight is 215 g/mol. The van der Waals surface area contributed by atoms with E-state index in [0.717, 1.165) is 11.7 Å². The van der Waals surface area contributed by atoms with Crippen LogP contribution in [0.5, 0.6) is 0 Å². The van der Waals surface area contributed by atoms with Crippen LogP contribution in [0.1, 0.15) is 17.4 Å². The fourth-order valence-corrected chi connectivity index (χ4v) is 1.26. The lowest BCUT2D eigenvalue weighted by Crippen LogP contribution is -2.29. The van der Waals surface area contributed by atoms with E-state index in [-0.39, 0.29) is 11.5 Å². The summed E-state index contributed by atoms with van der Waals surface area (Å²) >= 11 is 0.811. The van der Waals surface area contributed by atoms with Gasteiger partial charge in [-0.25, -0.2) is 4.79 Å². The van der Waals surface area contributed by atoms with Crippen molar-refractivity contribution in [3.63, 3.8) is 0 Å². The molecular formula is C6H9N5O2S. The first-order chi connectivity index (χ1) is 6.65. The molecule has 0 saturated carbocycles. The molecule has 0 aliphatic heterocycles. The molecule has 1 aromatic rings. The van der Waals surface area contributed by atoms with Gasteiger partial charge >= 0.3 is 6.03 Å². The van der Waals surface area contributed by atoms with E-state index in [9.17, 15) is 9.59 Å². The zero-order valence-corrected chi connectivity index (χ0v) is 8.22. The Morgan fingerprint density at radius 3 is 2.79 bits per heavy atom. The third-order valence-electron chi connectivity index (χ3n) is 1.29. The average Bonchev–Trinajstić information content (AvgIpc) is 2.52. The Bertz CT molecular complexity index is 350. The van der Waals surface area contributed by atoms with Crippen molar-refractivity contribution in [2.75, 3.05) is 11.9 Å². The van der Waals surface area contributed by atoms with E-state index in [1.54, 1.807) is 6.92 Å². The van der Waals surface area contributed by atoms with Crippen molar-refractivity contribution in [3.8, 4) is 0 Å². The fourth-order valence-electron chi connectivity index (χ4n) is 0.745. The highest BCUT2D eigenvalue weighted by molar-refractivity contribution is 6.99. The van der Waals surface area contributed by atoms with Crippen molar-refractivity contribution in [2.45, 2.75) is 6.92 Å². The molecular weight excluding hydrogens is 206 g/mol. The first-order valence-electron chi connectivity index (χ1n) is 3.82. The molecule has 14 heavy (non-hydrogen) atoms. The number of aromatic nitrogens is 2. The molecule has 1 aromatic heterocycles. The van der Waals surface area contributed by atoms with Crippen molar-refractivity contribution in [1.29, 1.82) is 0 Å². The lowest BCUT2D eigenvalue weighted by molar-refractivity contribution is 0.0997. The minimum Gasteiger partial charge on any atom is -0.364 e. The molecule has 76 valence electrons. The van der Waals surface area contributed by atoms with Crippen molar-refractivity contribution in [2.24, 2.45) is 5.73 Å². The predicted octanol–water partition coefficient (Wildman–Crippen LogP) is -0.222. The highest BCUT2D eigenvalue weighted by atomic mass is 32.1. The van der Waals surface area contributed by atoms with Gasteiger partial charge in [-0.3, -0.25) is 10.1 Å². The van der Waals surface area contributed by atoms with Gasteiger partial charge in [-0.1, -0.05) is 0 Å². The molecule has 0 unspecified atom stereocenters. The molecule has 0 radical (unpaired) electrons. The number of primary amides is 1. The molecule has 0 atom stereocenters. The number of nitrogens with zero attached hydrogens (tertiary/aromatic N) is 2. The van der Waals surface area contributed by atoms with Crippen LogP contribution < -0.4 is 16.4 Å². The van der Waals surface area contributed by atoms with Crippen LogP contribution in [0.4, 0.5) is 10.6 Å². The highest BCUT2D eigenvalue weighted by Gasteiger charge is 2.14. The summed E-state index contributed by atoms with van der Waals surface area (Å²) in [6, 6.07) is -0.442. The van der Waals surface area contributed by atoms with Gasteiger partial charge in [0.25, 0.3) is 5.91 Å². The Balaban J connectivity index is 2.71. The van der Waals surface area contributed by atoms with Crippen molar-refractivity contribution in [3.05, 3.63) is 5.69 Å². The summed E-state index contributed by atoms with van der Waals surface area (Å²) in [6.45, 7) is 2.25. The van der Waals surface area contributed by atoms with Gasteiger partial charge in [0.2, 0.25) is 0 Å². The molecule has 0 saturated heterocycles. The smallest absolute Gasteiger partial charge is 0.320 e. The number of nitrogens with one attached hydrogen (secondary N) is 2. The van der Waals surface area contributed by atoms with Crippen LogP contribution in [0, 0.1) is 0 Å². The van der Waals surface area contributed by atoms with Gasteiger partial charge in [0, 0.05) is 6.54 Å². The number of hydrogen-bond acceptors (Lipinski definition) is 5. The summed E-state index contributed by atoms with van der Waals surface area (Å²) in [5.74, 6) is -0.626. The minimum absolute atomic E-state index is 0.0266. The molecule has 0 aliphatic carbocycles. The van der Waals surface area contributed by atoms with E-state index in [2.05, 4.69) is 19.4 Å². The van der Waals surface area contributed by atoms with Gasteiger partial charge in [0.1, 0.15) is 0 Å². The number of anilines is 1. The standard InChI is InChI=1S/C6H9N5O2S/c1-2-8-6(13)9-5-3(4(7)12)10-14-11-5/h2H2,1H3,(H2,7,12)(H2,8,9,11,13). The van der Waals surface area contributed by atoms with Crippen LogP contribution >= 0.6 is 11.7 Å². The van der Waals surface area contributed by atoms with E-state index in [1.807, 2.05) is 0 Å². The molecule has 0 spiro atoms. The number of rotatable bonds is 3. The SMILES string of the molecule is CCNC(=O)Nc1nsnc1C(N)=O. The molecule has 4 N–H and O–H groups in total. The van der Waals surface area contributed by atoms with E-state index in [4.69, 9.17) is 5.73 Å². The van der Waals surface area contributed by atoms with Gasteiger partial charge in [-0.2, -0.15) is 8.75 Å². The van der Waals surface area contributed by atoms with Gasteiger partial charge in [-0.05, 0) is 6.92 Å². The number of urea groups is 1. The minimum atomic E-state index is -0.717. The number of hydrogen-bond donors (Lipinski definition) is 3. The molecule has 3 amide bonds. The van der Waals surface area contributed by atoms with E-state index in [1.165, 1.54) is 0 Å². The molecule has 0 fully saturated rings. The van der Waals surface area contributed by atoms with Gasteiger partial charge in [0.15, 0.2) is 11.5 Å². The maximum absolute atomic E-state index is 11.0. The van der Waals surface area contributed by atoms with Crippen LogP contribution in [0.15, 0.2) is 0 Å². The number of amides is 3. The van der Waals surface area contributed by atoms with Crippen LogP contribution in [-0.4, -0.2) is 27.2 Å². The summed E-state index contributed by atoms with van der Waals surface area (Å²) < 4.78 is 7.36. The monoisotopic (exact) mass is 215 g/mol. The van der Waals surface area contributed by atoms with E-state index >= 15 is 0 Å². The van der Waals surface area contributed by atoms with E-state index < -0.39 is 11.9 Å². The fraction of sp³-hybridized carbons (Fsp3) is 0.333.